The Bertz CT molecular complexity index is 544. The summed E-state index contributed by atoms with van der Waals surface area (Å²) in [7, 11) is -3.82. The monoisotopic (exact) mass is 198 g/mol. The van der Waals surface area contributed by atoms with E-state index < -0.39 is 10.0 Å². The van der Waals surface area contributed by atoms with Crippen LogP contribution in [0.4, 0.5) is 0 Å². The number of nitrogens with two attached hydrogens (primary N) is 1. The van der Waals surface area contributed by atoms with E-state index in [4.69, 9.17) is 5.14 Å². The zero-order chi connectivity index (χ0) is 9.47. The van der Waals surface area contributed by atoms with Gasteiger partial charge < -0.3 is 4.52 Å². The summed E-state index contributed by atoms with van der Waals surface area (Å²) in [6.07, 6.45) is 0. The van der Waals surface area contributed by atoms with Crippen molar-refractivity contribution in [1.29, 1.82) is 0 Å². The molecule has 6 heteroatoms. The Morgan fingerprint density at radius 1 is 1.31 bits per heavy atom. The van der Waals surface area contributed by atoms with Gasteiger partial charge in [-0.3, -0.25) is 0 Å². The minimum absolute atomic E-state index is 0.289. The van der Waals surface area contributed by atoms with Crippen LogP contribution in [0.2, 0.25) is 0 Å². The van der Waals surface area contributed by atoms with Crippen molar-refractivity contribution in [3.8, 4) is 0 Å². The average Bonchev–Trinajstić information content (AvgIpc) is 2.45. The molecule has 0 radical (unpaired) electrons. The van der Waals surface area contributed by atoms with Gasteiger partial charge in [-0.05, 0) is 12.1 Å². The molecule has 0 aliphatic heterocycles. The smallest absolute Gasteiger partial charge is 0.274 e. The molecule has 0 fully saturated rings. The van der Waals surface area contributed by atoms with E-state index in [2.05, 4.69) is 9.68 Å². The van der Waals surface area contributed by atoms with Gasteiger partial charge in [-0.1, -0.05) is 17.3 Å². The molecule has 2 rings (SSSR count). The molecule has 0 saturated heterocycles. The Morgan fingerprint density at radius 2 is 2.00 bits per heavy atom. The Hall–Kier alpha value is -1.40. The van der Waals surface area contributed by atoms with Gasteiger partial charge >= 0.3 is 0 Å². The largest absolute Gasteiger partial charge is 0.342 e. The van der Waals surface area contributed by atoms with E-state index in [0.29, 0.717) is 10.9 Å². The van der Waals surface area contributed by atoms with Crippen LogP contribution in [0, 0.1) is 0 Å². The molecule has 0 atom stereocenters. The van der Waals surface area contributed by atoms with Gasteiger partial charge in [0, 0.05) is 0 Å². The first-order valence-corrected chi connectivity index (χ1v) is 5.01. The number of fused-ring (bicyclic) bond motifs is 1. The molecule has 0 bridgehead atoms. The number of nitrogens with zero attached hydrogens (tertiary/aromatic N) is 1. The Labute approximate surface area is 74.2 Å². The van der Waals surface area contributed by atoms with E-state index in [0.717, 1.165) is 0 Å². The maximum atomic E-state index is 11.0. The van der Waals surface area contributed by atoms with Gasteiger partial charge in [0.2, 0.25) is 0 Å². The fourth-order valence-corrected chi connectivity index (χ4v) is 1.69. The zero-order valence-electron chi connectivity index (χ0n) is 6.47. The summed E-state index contributed by atoms with van der Waals surface area (Å²) in [4.78, 5) is 0. The number of benzene rings is 1. The summed E-state index contributed by atoms with van der Waals surface area (Å²) in [6.45, 7) is 0. The maximum absolute atomic E-state index is 11.0. The normalized spacial score (nSPS) is 12.1. The topological polar surface area (TPSA) is 86.2 Å². The molecule has 2 N–H and O–H groups in total. The molecule has 2 aromatic rings. The lowest BCUT2D eigenvalue weighted by Gasteiger charge is -1.89. The van der Waals surface area contributed by atoms with Crippen LogP contribution in [0.1, 0.15) is 0 Å². The van der Waals surface area contributed by atoms with Crippen molar-refractivity contribution in [2.45, 2.75) is 5.09 Å². The Morgan fingerprint density at radius 3 is 2.69 bits per heavy atom. The molecule has 68 valence electrons. The minimum atomic E-state index is -3.82. The lowest BCUT2D eigenvalue weighted by Crippen LogP contribution is -2.11. The lowest BCUT2D eigenvalue weighted by molar-refractivity contribution is 0.347. The molecule has 0 amide bonds. The van der Waals surface area contributed by atoms with Crippen LogP contribution < -0.4 is 5.14 Å². The van der Waals surface area contributed by atoms with E-state index in [-0.39, 0.29) is 5.09 Å². The summed E-state index contributed by atoms with van der Waals surface area (Å²) in [5.41, 5.74) is 0.478. The van der Waals surface area contributed by atoms with Crippen molar-refractivity contribution in [1.82, 2.24) is 5.16 Å². The average molecular weight is 198 g/mol. The van der Waals surface area contributed by atoms with Crippen molar-refractivity contribution >= 4 is 20.9 Å². The summed E-state index contributed by atoms with van der Waals surface area (Å²) >= 11 is 0. The third-order valence-corrected chi connectivity index (χ3v) is 2.42. The van der Waals surface area contributed by atoms with Crippen molar-refractivity contribution < 1.29 is 12.9 Å². The third kappa shape index (κ3) is 1.30. The predicted molar refractivity (Wildman–Crippen MR) is 45.4 cm³/mol. The van der Waals surface area contributed by atoms with Gasteiger partial charge in [-0.25, -0.2) is 13.6 Å². The van der Waals surface area contributed by atoms with E-state index >= 15 is 0 Å². The van der Waals surface area contributed by atoms with E-state index in [1.54, 1.807) is 24.3 Å². The Kier molecular flexibility index (Phi) is 1.61. The first kappa shape index (κ1) is 8.21. The number of hydrogen-bond acceptors (Lipinski definition) is 4. The summed E-state index contributed by atoms with van der Waals surface area (Å²) < 4.78 is 26.5. The number of sulfonamides is 1. The number of aromatic nitrogens is 1. The van der Waals surface area contributed by atoms with Crippen LogP contribution in [-0.2, 0) is 10.0 Å². The maximum Gasteiger partial charge on any atom is 0.274 e. The van der Waals surface area contributed by atoms with Gasteiger partial charge in [-0.15, -0.1) is 0 Å². The molecule has 0 unspecified atom stereocenters. The molecule has 1 aromatic carbocycles. The van der Waals surface area contributed by atoms with Crippen LogP contribution in [0.15, 0.2) is 33.9 Å². The molecule has 0 saturated carbocycles. The summed E-state index contributed by atoms with van der Waals surface area (Å²) in [6, 6.07) is 6.66. The number of primary sulfonamides is 1. The molecule has 1 aromatic heterocycles. The molecule has 13 heavy (non-hydrogen) atoms. The first-order valence-electron chi connectivity index (χ1n) is 3.46. The molecule has 5 nitrogen and oxygen atoms in total. The first-order chi connectivity index (χ1) is 6.09. The fraction of sp³-hybridized carbons (Fsp3) is 0. The van der Waals surface area contributed by atoms with Crippen LogP contribution in [0.3, 0.4) is 0 Å². The third-order valence-electron chi connectivity index (χ3n) is 1.61. The second-order valence-electron chi connectivity index (χ2n) is 2.53. The quantitative estimate of drug-likeness (QED) is 0.721. The Balaban J connectivity index is 2.87. The van der Waals surface area contributed by atoms with Crippen LogP contribution in [-0.4, -0.2) is 13.6 Å². The van der Waals surface area contributed by atoms with Crippen LogP contribution in [0.25, 0.3) is 10.9 Å². The molecular weight excluding hydrogens is 192 g/mol. The zero-order valence-corrected chi connectivity index (χ0v) is 7.28. The second kappa shape index (κ2) is 2.54. The second-order valence-corrected chi connectivity index (χ2v) is 3.99. The van der Waals surface area contributed by atoms with Crippen molar-refractivity contribution in [2.75, 3.05) is 0 Å². The molecular formula is C7H6N2O3S. The van der Waals surface area contributed by atoms with Crippen LogP contribution in [0.5, 0.6) is 0 Å². The van der Waals surface area contributed by atoms with Gasteiger partial charge in [0.1, 0.15) is 5.52 Å². The van der Waals surface area contributed by atoms with Gasteiger partial charge in [0.25, 0.3) is 15.1 Å². The van der Waals surface area contributed by atoms with Gasteiger partial charge in [0.05, 0.1) is 5.39 Å². The predicted octanol–water partition coefficient (Wildman–Crippen LogP) is 0.475. The van der Waals surface area contributed by atoms with Crippen molar-refractivity contribution in [3.63, 3.8) is 0 Å². The van der Waals surface area contributed by atoms with Crippen molar-refractivity contribution in [2.24, 2.45) is 5.14 Å². The van der Waals surface area contributed by atoms with E-state index in [1.807, 2.05) is 0 Å². The van der Waals surface area contributed by atoms with Gasteiger partial charge in [0.15, 0.2) is 0 Å². The highest BCUT2D eigenvalue weighted by Gasteiger charge is 2.17. The minimum Gasteiger partial charge on any atom is -0.342 e. The number of hydrogen-bond donors (Lipinski definition) is 1. The standard InChI is InChI=1S/C7H6N2O3S/c8-13(10,11)7-5-3-1-2-4-6(5)9-12-7/h1-4H,(H2,8,10,11). The molecule has 0 spiro atoms. The fourth-order valence-electron chi connectivity index (χ4n) is 1.07. The summed E-state index contributed by atoms with van der Waals surface area (Å²) in [5, 5.41) is 8.58. The van der Waals surface area contributed by atoms with Crippen molar-refractivity contribution in [3.05, 3.63) is 24.3 Å². The van der Waals surface area contributed by atoms with Gasteiger partial charge in [-0.2, -0.15) is 0 Å². The number of rotatable bonds is 1. The lowest BCUT2D eigenvalue weighted by atomic mass is 10.3. The molecule has 0 aliphatic rings. The highest BCUT2D eigenvalue weighted by atomic mass is 32.2. The summed E-state index contributed by atoms with van der Waals surface area (Å²) in [5.74, 6) is 0. The molecule has 1 heterocycles. The van der Waals surface area contributed by atoms with E-state index in [9.17, 15) is 8.42 Å². The van der Waals surface area contributed by atoms with E-state index in [1.165, 1.54) is 0 Å². The highest BCUT2D eigenvalue weighted by molar-refractivity contribution is 7.89. The van der Waals surface area contributed by atoms with Crippen LogP contribution >= 0.6 is 0 Å². The molecule has 0 aliphatic carbocycles. The highest BCUT2D eigenvalue weighted by Crippen LogP contribution is 2.20. The SMILES string of the molecule is NS(=O)(=O)c1onc2ccccc12.